The van der Waals surface area contributed by atoms with Gasteiger partial charge in [-0.1, -0.05) is 32.4 Å². The van der Waals surface area contributed by atoms with Gasteiger partial charge < -0.3 is 64.1 Å². The predicted molar refractivity (Wildman–Crippen MR) is 168 cm³/mol. The number of amides is 1. The molecule has 15 N–H and O–H groups in total. The largest absolute Gasteiger partial charge is 0.480 e. The van der Waals surface area contributed by atoms with Crippen molar-refractivity contribution in [2.24, 2.45) is 40.3 Å². The number of primary amides is 1. The van der Waals surface area contributed by atoms with Crippen LogP contribution in [0.5, 0.6) is 5.75 Å². The zero-order valence-corrected chi connectivity index (χ0v) is 26.9. The third-order valence-electron chi connectivity index (χ3n) is 6.62. The average molecular weight is 686 g/mol. The van der Waals surface area contributed by atoms with Crippen molar-refractivity contribution in [2.75, 3.05) is 19.7 Å². The van der Waals surface area contributed by atoms with Gasteiger partial charge in [-0.2, -0.15) is 0 Å². The van der Waals surface area contributed by atoms with Crippen molar-refractivity contribution in [2.45, 2.75) is 76.2 Å². The highest BCUT2D eigenvalue weighted by Gasteiger charge is 2.28. The summed E-state index contributed by atoms with van der Waals surface area (Å²) in [6.07, 6.45) is 2.19. The lowest BCUT2D eigenvalue weighted by Gasteiger charge is -2.16. The Morgan fingerprint density at radius 3 is 1.94 bits per heavy atom. The van der Waals surface area contributed by atoms with Gasteiger partial charge in [0.25, 0.3) is 0 Å². The second kappa shape index (κ2) is 22.9. The van der Waals surface area contributed by atoms with Gasteiger partial charge in [0, 0.05) is 0 Å². The van der Waals surface area contributed by atoms with E-state index in [4.69, 9.17) is 43.6 Å². The quantitative estimate of drug-likeness (QED) is 0.0499. The minimum absolute atomic E-state index is 0.0466. The molecule has 270 valence electrons. The molecule has 0 unspecified atom stereocenters. The molecule has 2 rings (SSSR count). The maximum absolute atomic E-state index is 11.8. The van der Waals surface area contributed by atoms with Crippen molar-refractivity contribution in [3.63, 3.8) is 0 Å². The van der Waals surface area contributed by atoms with Crippen LogP contribution in [-0.2, 0) is 49.5 Å². The fraction of sp³-hybridized carbons (Fsp3) is 0.552. The van der Waals surface area contributed by atoms with Crippen molar-refractivity contribution in [3.05, 3.63) is 29.8 Å². The molecule has 1 aliphatic heterocycles. The summed E-state index contributed by atoms with van der Waals surface area (Å²) in [5, 5.41) is 19.7. The molecule has 0 bridgehead atoms. The van der Waals surface area contributed by atoms with E-state index in [1.54, 1.807) is 24.3 Å². The Morgan fingerprint density at radius 1 is 0.917 bits per heavy atom. The first-order valence-corrected chi connectivity index (χ1v) is 14.8. The van der Waals surface area contributed by atoms with Crippen LogP contribution in [0.25, 0.3) is 0 Å². The molecule has 48 heavy (non-hydrogen) atoms. The van der Waals surface area contributed by atoms with E-state index in [1.165, 1.54) is 0 Å². The normalized spacial score (nSPS) is 16.5. The summed E-state index contributed by atoms with van der Waals surface area (Å²) in [7, 11) is 0. The van der Waals surface area contributed by atoms with Gasteiger partial charge in [-0.3, -0.25) is 19.2 Å². The van der Waals surface area contributed by atoms with Crippen molar-refractivity contribution in [3.8, 4) is 5.75 Å². The van der Waals surface area contributed by atoms with Crippen LogP contribution in [0.1, 0.15) is 45.1 Å². The molecule has 19 nitrogen and oxygen atoms in total. The summed E-state index contributed by atoms with van der Waals surface area (Å²) < 4.78 is 14.3. The van der Waals surface area contributed by atoms with Crippen LogP contribution in [0.2, 0.25) is 0 Å². The number of hydrogen-bond acceptors (Lipinski definition) is 16. The SMILES string of the molecule is CC[C@H](C)[C@H](N)C(=O)Oc1ccc(C[C@H](N)C(=O)O)cc1.NC(=O)C[C@H](N)C(=O)O.NCC(=O)OC[C@H](N)C(=O)OC(=O)[C@@H]1CCCN1. The highest BCUT2D eigenvalue weighted by molar-refractivity contribution is 5.91. The summed E-state index contributed by atoms with van der Waals surface area (Å²) in [6.45, 7) is 3.90. The van der Waals surface area contributed by atoms with Crippen molar-refractivity contribution >= 4 is 41.7 Å². The molecule has 1 aromatic rings. The van der Waals surface area contributed by atoms with Crippen molar-refractivity contribution in [1.82, 2.24) is 5.32 Å². The van der Waals surface area contributed by atoms with Gasteiger partial charge in [-0.05, 0) is 49.4 Å². The Labute approximate surface area is 276 Å². The number of carbonyl (C=O) groups is 7. The number of nitrogens with one attached hydrogen (secondary N) is 1. The van der Waals surface area contributed by atoms with Gasteiger partial charge in [-0.15, -0.1) is 0 Å². The number of carbonyl (C=O) groups excluding carboxylic acids is 5. The minimum Gasteiger partial charge on any atom is -0.480 e. The van der Waals surface area contributed by atoms with Gasteiger partial charge in [0.05, 0.1) is 13.0 Å². The molecule has 0 spiro atoms. The second-order valence-corrected chi connectivity index (χ2v) is 10.6. The molecule has 1 heterocycles. The summed E-state index contributed by atoms with van der Waals surface area (Å²) in [4.78, 5) is 76.0. The Bertz CT molecular complexity index is 1230. The van der Waals surface area contributed by atoms with Gasteiger partial charge in [0.1, 0.15) is 42.6 Å². The molecule has 6 atom stereocenters. The minimum atomic E-state index is -1.21. The van der Waals surface area contributed by atoms with E-state index >= 15 is 0 Å². The van der Waals surface area contributed by atoms with Crippen LogP contribution in [0.4, 0.5) is 0 Å². The van der Waals surface area contributed by atoms with E-state index < -0.39 is 71.9 Å². The third-order valence-corrected chi connectivity index (χ3v) is 6.62. The smallest absolute Gasteiger partial charge is 0.334 e. The summed E-state index contributed by atoms with van der Waals surface area (Å²) in [6, 6.07) is 2.14. The fourth-order valence-electron chi connectivity index (χ4n) is 3.45. The topological polar surface area (TPSA) is 356 Å². The second-order valence-electron chi connectivity index (χ2n) is 10.6. The summed E-state index contributed by atoms with van der Waals surface area (Å²) >= 11 is 0. The number of rotatable bonds is 15. The molecule has 1 fully saturated rings. The van der Waals surface area contributed by atoms with Crippen LogP contribution in [0, 0.1) is 5.92 Å². The van der Waals surface area contributed by atoms with Crippen LogP contribution in [-0.4, -0.2) is 102 Å². The number of esters is 4. The maximum atomic E-state index is 11.8. The molecule has 0 saturated carbocycles. The Balaban J connectivity index is 0.000000744. The third kappa shape index (κ3) is 18.0. The van der Waals surface area contributed by atoms with Crippen LogP contribution in [0.3, 0.4) is 0 Å². The van der Waals surface area contributed by atoms with E-state index in [1.807, 2.05) is 13.8 Å². The molecular formula is C29H47N7O12. The van der Waals surface area contributed by atoms with Crippen molar-refractivity contribution < 1.29 is 58.0 Å². The molecule has 1 aromatic carbocycles. The molecule has 0 radical (unpaired) electrons. The van der Waals surface area contributed by atoms with Crippen molar-refractivity contribution in [1.29, 1.82) is 0 Å². The number of nitrogens with two attached hydrogens (primary N) is 6. The highest BCUT2D eigenvalue weighted by Crippen LogP contribution is 2.16. The number of benzene rings is 1. The Kier molecular flexibility index (Phi) is 20.7. The monoisotopic (exact) mass is 685 g/mol. The highest BCUT2D eigenvalue weighted by atomic mass is 16.6. The molecule has 0 aromatic heterocycles. The van der Waals surface area contributed by atoms with E-state index in [2.05, 4.69) is 20.5 Å². The Morgan fingerprint density at radius 2 is 1.50 bits per heavy atom. The predicted octanol–water partition coefficient (Wildman–Crippen LogP) is -3.17. The lowest BCUT2D eigenvalue weighted by atomic mass is 10.0. The molecule has 1 amide bonds. The fourth-order valence-corrected chi connectivity index (χ4v) is 3.45. The molecular weight excluding hydrogens is 638 g/mol. The van der Waals surface area contributed by atoms with Gasteiger partial charge in [0.2, 0.25) is 5.91 Å². The van der Waals surface area contributed by atoms with Gasteiger partial charge in [0.15, 0.2) is 0 Å². The summed E-state index contributed by atoms with van der Waals surface area (Å²) in [5.41, 5.74) is 32.0. The van der Waals surface area contributed by atoms with Crippen LogP contribution < -0.4 is 44.5 Å². The Hall–Kier alpha value is -4.53. The van der Waals surface area contributed by atoms with E-state index in [-0.39, 0.29) is 31.9 Å². The number of carboxylic acids is 2. The zero-order chi connectivity index (χ0) is 37.0. The number of carboxylic acid groups (broad SMARTS) is 2. The molecule has 0 aliphatic carbocycles. The zero-order valence-electron chi connectivity index (χ0n) is 26.9. The maximum Gasteiger partial charge on any atom is 0.334 e. The first-order valence-electron chi connectivity index (χ1n) is 14.8. The first kappa shape index (κ1) is 43.5. The van der Waals surface area contributed by atoms with Gasteiger partial charge >= 0.3 is 35.8 Å². The number of aliphatic carboxylic acids is 2. The molecule has 19 heteroatoms. The number of ether oxygens (including phenoxy) is 3. The lowest BCUT2D eigenvalue weighted by Crippen LogP contribution is -2.42. The van der Waals surface area contributed by atoms with E-state index in [0.717, 1.165) is 18.4 Å². The standard InChI is InChI=1S/C15H22N2O4.C10H17N3O5.C4H8N2O3/c1-3-9(2)13(17)15(20)21-11-6-4-10(5-7-11)8-12(16)14(18)19;11-4-8(14)17-5-6(12)9(15)18-10(16)7-2-1-3-13-7;5-2(4(8)9)1-3(6)7/h4-7,9,12-13H,3,8,16-17H2,1-2H3,(H,18,19);6-7,13H,1-5,11-12H2;2H,1,5H2,(H2,6,7)(H,8,9)/t9-,12-,13-;6-,7-;2-/m000/s1. The lowest BCUT2D eigenvalue weighted by molar-refractivity contribution is -0.163. The average Bonchev–Trinajstić information content (AvgIpc) is 3.59. The summed E-state index contributed by atoms with van der Waals surface area (Å²) in [5.74, 6) is -5.27. The molecule has 1 aliphatic rings. The van der Waals surface area contributed by atoms with Gasteiger partial charge in [-0.25, -0.2) is 14.4 Å². The number of hydrogen-bond donors (Lipinski definition) is 9. The van der Waals surface area contributed by atoms with Crippen LogP contribution in [0.15, 0.2) is 24.3 Å². The molecule has 1 saturated heterocycles. The van der Waals surface area contributed by atoms with E-state index in [9.17, 15) is 33.6 Å². The first-order chi connectivity index (χ1) is 22.4. The van der Waals surface area contributed by atoms with Crippen LogP contribution >= 0.6 is 0 Å². The van der Waals surface area contributed by atoms with E-state index in [0.29, 0.717) is 18.7 Å².